The fraction of sp³-hybridized carbons (Fsp3) is 0.0784. The number of hydrogen-bond acceptors (Lipinski definition) is 3. The second-order valence-corrected chi connectivity index (χ2v) is 14.5. The van der Waals surface area contributed by atoms with Gasteiger partial charge in [0.2, 0.25) is 0 Å². The first-order valence-electron chi connectivity index (χ1n) is 19.1. The molecular weight excluding hydrogens is 669 g/mol. The lowest BCUT2D eigenvalue weighted by molar-refractivity contribution is 0.490. The van der Waals surface area contributed by atoms with Crippen molar-refractivity contribution in [1.82, 2.24) is 15.2 Å². The van der Waals surface area contributed by atoms with Crippen LogP contribution < -0.4 is 10.6 Å². The van der Waals surface area contributed by atoms with E-state index in [0.29, 0.717) is 0 Å². The summed E-state index contributed by atoms with van der Waals surface area (Å²) in [5, 5.41) is 9.70. The van der Waals surface area contributed by atoms with Crippen LogP contribution in [-0.4, -0.2) is 16.9 Å². The third-order valence-corrected chi connectivity index (χ3v) is 11.0. The van der Waals surface area contributed by atoms with Gasteiger partial charge in [0, 0.05) is 34.8 Å². The zero-order valence-electron chi connectivity index (χ0n) is 30.4. The molecule has 0 fully saturated rings. The Balaban J connectivity index is 1.12. The molecule has 0 spiro atoms. The molecule has 0 saturated carbocycles. The minimum atomic E-state index is -0.0788. The number of para-hydroxylation sites is 2. The number of hydrogen-bond donors (Lipinski definition) is 2. The highest BCUT2D eigenvalue weighted by Crippen LogP contribution is 2.40. The van der Waals surface area contributed by atoms with Crippen molar-refractivity contribution in [1.29, 1.82) is 0 Å². The molecule has 264 valence electrons. The summed E-state index contributed by atoms with van der Waals surface area (Å²) >= 11 is 0. The largest absolute Gasteiger partial charge is 0.387 e. The van der Waals surface area contributed by atoms with Gasteiger partial charge >= 0.3 is 0 Å². The molecule has 2 atom stereocenters. The summed E-state index contributed by atoms with van der Waals surface area (Å²) in [5.41, 5.74) is 14.2. The van der Waals surface area contributed by atoms with Gasteiger partial charge in [0.25, 0.3) is 0 Å². The maximum atomic E-state index is 5.49. The lowest BCUT2D eigenvalue weighted by atomic mass is 9.90. The highest BCUT2D eigenvalue weighted by molar-refractivity contribution is 6.09. The molecule has 2 N–H and O–H groups in total. The lowest BCUT2D eigenvalue weighted by Gasteiger charge is -2.31. The van der Waals surface area contributed by atoms with E-state index in [1.54, 1.807) is 0 Å². The van der Waals surface area contributed by atoms with Crippen LogP contribution in [0.15, 0.2) is 199 Å². The van der Waals surface area contributed by atoms with Crippen molar-refractivity contribution in [3.05, 3.63) is 217 Å². The van der Waals surface area contributed by atoms with E-state index in [0.717, 1.165) is 30.1 Å². The number of rotatable bonds is 7. The standard InChI is InChI=1S/C51H40N4/c1-3-12-35(13-4-1)36-25-27-39(28-26-36)47-33-48(54-51(53-47)40-14-5-2-6-15-40)43-30-42(38-23-21-37(22-24-38)41-16-11-29-52-34-41)31-44(32-43)55-49-19-9-7-17-45(49)46-18-8-10-20-50(46)55/h1-28,30-32,34,47-48,52H,29,33H2,(H,53,54). The SMILES string of the molecule is C1=CC(c2ccc(-c3cc(C4CC(c5ccc(-c6ccccc6)cc5)NC(c5ccccc5)=N4)cc(-n4c5ccccc5c5ccccc54)c3)cc2)=CNC1. The van der Waals surface area contributed by atoms with E-state index in [2.05, 4.69) is 209 Å². The van der Waals surface area contributed by atoms with Crippen LogP contribution in [0.4, 0.5) is 0 Å². The quantitative estimate of drug-likeness (QED) is 0.173. The molecule has 8 aromatic rings. The number of nitrogens with one attached hydrogen (secondary N) is 2. The van der Waals surface area contributed by atoms with Gasteiger partial charge in [0.05, 0.1) is 23.1 Å². The molecule has 2 unspecified atom stereocenters. The molecule has 0 saturated heterocycles. The fourth-order valence-electron chi connectivity index (χ4n) is 8.24. The van der Waals surface area contributed by atoms with Crippen LogP contribution in [-0.2, 0) is 0 Å². The minimum absolute atomic E-state index is 0.0765. The number of benzene rings is 7. The predicted molar refractivity (Wildman–Crippen MR) is 229 cm³/mol. The van der Waals surface area contributed by atoms with Gasteiger partial charge in [-0.25, -0.2) is 0 Å². The summed E-state index contributed by atoms with van der Waals surface area (Å²) < 4.78 is 2.43. The van der Waals surface area contributed by atoms with E-state index in [1.807, 2.05) is 0 Å². The second-order valence-electron chi connectivity index (χ2n) is 14.5. The van der Waals surface area contributed by atoms with Gasteiger partial charge in [-0.2, -0.15) is 0 Å². The molecule has 0 radical (unpaired) electrons. The number of nitrogens with zero attached hydrogens (tertiary/aromatic N) is 2. The second kappa shape index (κ2) is 14.1. The minimum Gasteiger partial charge on any atom is -0.387 e. The van der Waals surface area contributed by atoms with Crippen LogP contribution in [0.3, 0.4) is 0 Å². The van der Waals surface area contributed by atoms with Gasteiger partial charge in [-0.3, -0.25) is 4.99 Å². The van der Waals surface area contributed by atoms with Crippen molar-refractivity contribution in [3.63, 3.8) is 0 Å². The highest BCUT2D eigenvalue weighted by Gasteiger charge is 2.27. The Morgan fingerprint density at radius 1 is 0.509 bits per heavy atom. The van der Waals surface area contributed by atoms with Gasteiger partial charge in [0.1, 0.15) is 5.84 Å². The Bertz CT molecular complexity index is 2680. The Kier molecular flexibility index (Phi) is 8.42. The molecule has 0 amide bonds. The fourth-order valence-corrected chi connectivity index (χ4v) is 8.24. The molecule has 2 aliphatic heterocycles. The summed E-state index contributed by atoms with van der Waals surface area (Å²) in [4.78, 5) is 5.49. The van der Waals surface area contributed by atoms with Crippen molar-refractivity contribution < 1.29 is 0 Å². The Morgan fingerprint density at radius 3 is 1.76 bits per heavy atom. The monoisotopic (exact) mass is 708 g/mol. The average molecular weight is 709 g/mol. The normalized spacial score (nSPS) is 16.7. The smallest absolute Gasteiger partial charge is 0.129 e. The number of aromatic nitrogens is 1. The first kappa shape index (κ1) is 32.7. The summed E-state index contributed by atoms with van der Waals surface area (Å²) in [7, 11) is 0. The van der Waals surface area contributed by atoms with Gasteiger partial charge < -0.3 is 15.2 Å². The summed E-state index contributed by atoms with van der Waals surface area (Å²) in [6.45, 7) is 0.866. The third-order valence-electron chi connectivity index (χ3n) is 11.0. The lowest BCUT2D eigenvalue weighted by Crippen LogP contribution is -2.35. The highest BCUT2D eigenvalue weighted by atomic mass is 15.1. The summed E-state index contributed by atoms with van der Waals surface area (Å²) in [6.07, 6.45) is 7.28. The van der Waals surface area contributed by atoms with Crippen LogP contribution in [0, 0.1) is 0 Å². The summed E-state index contributed by atoms with van der Waals surface area (Å²) in [6, 6.07) is 63.7. The number of dihydropyridines is 1. The maximum Gasteiger partial charge on any atom is 0.129 e. The molecule has 10 rings (SSSR count). The van der Waals surface area contributed by atoms with Crippen LogP contribution in [0.25, 0.3) is 55.3 Å². The van der Waals surface area contributed by atoms with E-state index in [9.17, 15) is 0 Å². The Hall–Kier alpha value is -6.91. The molecule has 7 aromatic carbocycles. The third kappa shape index (κ3) is 6.32. The van der Waals surface area contributed by atoms with Crippen molar-refractivity contribution in [2.24, 2.45) is 4.99 Å². The van der Waals surface area contributed by atoms with Crippen LogP contribution >= 0.6 is 0 Å². The van der Waals surface area contributed by atoms with Crippen LogP contribution in [0.1, 0.15) is 40.8 Å². The van der Waals surface area contributed by atoms with Crippen LogP contribution in [0.5, 0.6) is 0 Å². The molecule has 2 aliphatic rings. The number of allylic oxidation sites excluding steroid dienone is 2. The number of aliphatic imine (C=N–C) groups is 1. The topological polar surface area (TPSA) is 41.4 Å². The maximum absolute atomic E-state index is 5.49. The molecule has 0 aliphatic carbocycles. The average Bonchev–Trinajstić information content (AvgIpc) is 3.61. The van der Waals surface area contributed by atoms with Crippen LogP contribution in [0.2, 0.25) is 0 Å². The molecule has 1 aromatic heterocycles. The first-order valence-corrected chi connectivity index (χ1v) is 19.1. The van der Waals surface area contributed by atoms with E-state index in [1.165, 1.54) is 66.3 Å². The van der Waals surface area contributed by atoms with E-state index in [4.69, 9.17) is 4.99 Å². The Morgan fingerprint density at radius 2 is 1.09 bits per heavy atom. The molecule has 4 heteroatoms. The van der Waals surface area contributed by atoms with Gasteiger partial charge in [-0.15, -0.1) is 0 Å². The van der Waals surface area contributed by atoms with Gasteiger partial charge in [0.15, 0.2) is 0 Å². The zero-order valence-corrected chi connectivity index (χ0v) is 30.4. The number of fused-ring (bicyclic) bond motifs is 3. The molecular formula is C51H40N4. The van der Waals surface area contributed by atoms with E-state index in [-0.39, 0.29) is 12.1 Å². The van der Waals surface area contributed by atoms with Gasteiger partial charge in [-0.05, 0) is 81.3 Å². The van der Waals surface area contributed by atoms with Crippen molar-refractivity contribution in [2.45, 2.75) is 18.5 Å². The molecule has 55 heavy (non-hydrogen) atoms. The number of amidine groups is 1. The van der Waals surface area contributed by atoms with E-state index >= 15 is 0 Å². The van der Waals surface area contributed by atoms with Crippen molar-refractivity contribution in [2.75, 3.05) is 6.54 Å². The predicted octanol–water partition coefficient (Wildman–Crippen LogP) is 11.8. The van der Waals surface area contributed by atoms with E-state index < -0.39 is 0 Å². The molecule has 3 heterocycles. The zero-order chi connectivity index (χ0) is 36.6. The Labute approximate surface area is 321 Å². The van der Waals surface area contributed by atoms with Crippen molar-refractivity contribution >= 4 is 33.2 Å². The molecule has 4 nitrogen and oxygen atoms in total. The molecule has 0 bridgehead atoms. The first-order chi connectivity index (χ1) is 27.2. The summed E-state index contributed by atoms with van der Waals surface area (Å²) in [5.74, 6) is 0.921. The van der Waals surface area contributed by atoms with Crippen molar-refractivity contribution in [3.8, 4) is 27.9 Å². The van der Waals surface area contributed by atoms with Gasteiger partial charge in [-0.1, -0.05) is 158 Å².